The van der Waals surface area contributed by atoms with Crippen molar-refractivity contribution in [3.63, 3.8) is 0 Å². The third-order valence-corrected chi connectivity index (χ3v) is 1.65. The first-order chi connectivity index (χ1) is 7.13. The lowest BCUT2D eigenvalue weighted by Crippen LogP contribution is -2.30. The molecule has 0 radical (unpaired) electrons. The smallest absolute Gasteiger partial charge is 0.435 e. The molecule has 1 aromatic heterocycles. The van der Waals surface area contributed by atoms with Crippen molar-refractivity contribution in [2.75, 3.05) is 0 Å². The van der Waals surface area contributed by atoms with Crippen molar-refractivity contribution in [3.05, 3.63) is 17.5 Å². The summed E-state index contributed by atoms with van der Waals surface area (Å²) in [6.45, 7) is 0. The number of halogens is 5. The number of rotatable bonds is 3. The molecule has 90 valence electrons. The van der Waals surface area contributed by atoms with Gasteiger partial charge >= 0.3 is 18.1 Å². The summed E-state index contributed by atoms with van der Waals surface area (Å²) in [7, 11) is 0. The summed E-state index contributed by atoms with van der Waals surface area (Å²) in [6.07, 6.45) is -6.13. The first-order valence-electron chi connectivity index (χ1n) is 3.85. The van der Waals surface area contributed by atoms with Crippen molar-refractivity contribution in [1.29, 1.82) is 0 Å². The number of nitrogens with one attached hydrogen (secondary N) is 1. The quantitative estimate of drug-likeness (QED) is 0.795. The normalized spacial score (nSPS) is 12.8. The molecule has 0 aliphatic carbocycles. The zero-order chi connectivity index (χ0) is 12.6. The molecule has 0 aliphatic heterocycles. The molecule has 0 bridgehead atoms. The van der Waals surface area contributed by atoms with Crippen LogP contribution in [0.25, 0.3) is 0 Å². The number of carboxylic acids is 1. The molecule has 0 amide bonds. The molecule has 0 fully saturated rings. The summed E-state index contributed by atoms with van der Waals surface area (Å²) in [6, 6.07) is 0.344. The second-order valence-electron chi connectivity index (χ2n) is 2.96. The molecule has 0 saturated carbocycles. The molecule has 16 heavy (non-hydrogen) atoms. The number of nitrogens with zero attached hydrogens (tertiary/aromatic N) is 1. The van der Waals surface area contributed by atoms with Gasteiger partial charge in [0.2, 0.25) is 0 Å². The topological polar surface area (TPSA) is 66.0 Å². The highest BCUT2D eigenvalue weighted by molar-refractivity contribution is 5.75. The van der Waals surface area contributed by atoms with E-state index in [2.05, 4.69) is 5.10 Å². The largest absolute Gasteiger partial charge is 0.477 e. The first-order valence-corrected chi connectivity index (χ1v) is 3.85. The van der Waals surface area contributed by atoms with Crippen molar-refractivity contribution in [2.45, 2.75) is 18.5 Å². The second-order valence-corrected chi connectivity index (χ2v) is 2.96. The fraction of sp³-hybridized carbons (Fsp3) is 0.429. The first kappa shape index (κ1) is 12.4. The van der Waals surface area contributed by atoms with E-state index >= 15 is 0 Å². The molecule has 0 unspecified atom stereocenters. The zero-order valence-corrected chi connectivity index (χ0v) is 7.48. The lowest BCUT2D eigenvalue weighted by molar-refractivity contribution is -0.164. The van der Waals surface area contributed by atoms with E-state index in [1.807, 2.05) is 0 Å². The summed E-state index contributed by atoms with van der Waals surface area (Å²) >= 11 is 0. The highest BCUT2D eigenvalue weighted by atomic mass is 19.4. The highest BCUT2D eigenvalue weighted by Crippen LogP contribution is 2.29. The van der Waals surface area contributed by atoms with Crippen molar-refractivity contribution in [3.8, 4) is 0 Å². The van der Waals surface area contributed by atoms with Gasteiger partial charge in [0.05, 0.1) is 6.42 Å². The summed E-state index contributed by atoms with van der Waals surface area (Å²) in [5, 5.41) is 12.5. The molecule has 0 aromatic carbocycles. The predicted molar refractivity (Wildman–Crippen MR) is 39.9 cm³/mol. The molecule has 0 saturated heterocycles. The fourth-order valence-corrected chi connectivity index (χ4v) is 0.912. The van der Waals surface area contributed by atoms with Crippen LogP contribution >= 0.6 is 0 Å². The minimum absolute atomic E-state index is 0.344. The minimum Gasteiger partial charge on any atom is -0.477 e. The molecule has 4 nitrogen and oxygen atoms in total. The summed E-state index contributed by atoms with van der Waals surface area (Å²) in [5.41, 5.74) is -1.97. The van der Waals surface area contributed by atoms with Gasteiger partial charge in [0, 0.05) is 5.69 Å². The Morgan fingerprint density at radius 2 is 1.94 bits per heavy atom. The number of alkyl halides is 5. The van der Waals surface area contributed by atoms with Gasteiger partial charge in [-0.05, 0) is 6.07 Å². The Bertz CT molecular complexity index is 398. The molecular weight excluding hydrogens is 239 g/mol. The fourth-order valence-electron chi connectivity index (χ4n) is 0.912. The number of carboxylic acid groups (broad SMARTS) is 1. The third kappa shape index (κ3) is 2.67. The molecule has 1 rings (SSSR count). The monoisotopic (exact) mass is 244 g/mol. The Morgan fingerprint density at radius 3 is 2.31 bits per heavy atom. The molecule has 9 heteroatoms. The zero-order valence-electron chi connectivity index (χ0n) is 7.48. The van der Waals surface area contributed by atoms with E-state index in [4.69, 9.17) is 5.11 Å². The average molecular weight is 244 g/mol. The lowest BCUT2D eigenvalue weighted by Gasteiger charge is -2.08. The van der Waals surface area contributed by atoms with Crippen LogP contribution in [0, 0.1) is 0 Å². The van der Waals surface area contributed by atoms with E-state index in [1.54, 1.807) is 5.10 Å². The number of aromatic amines is 1. The molecule has 0 aliphatic rings. The van der Waals surface area contributed by atoms with E-state index in [-0.39, 0.29) is 0 Å². The second kappa shape index (κ2) is 3.72. The lowest BCUT2D eigenvalue weighted by atomic mass is 10.2. The number of hydrogen-bond acceptors (Lipinski definition) is 2. The maximum Gasteiger partial charge on any atom is 0.435 e. The van der Waals surface area contributed by atoms with Crippen LogP contribution in [0.5, 0.6) is 0 Å². The van der Waals surface area contributed by atoms with E-state index in [0.717, 1.165) is 0 Å². The van der Waals surface area contributed by atoms with E-state index < -0.39 is 35.9 Å². The number of H-pyrrole nitrogens is 1. The average Bonchev–Trinajstić information content (AvgIpc) is 2.50. The van der Waals surface area contributed by atoms with Gasteiger partial charge in [-0.1, -0.05) is 0 Å². The Hall–Kier alpha value is -1.67. The summed E-state index contributed by atoms with van der Waals surface area (Å²) in [5.74, 6) is -6.54. The van der Waals surface area contributed by atoms with Gasteiger partial charge in [-0.15, -0.1) is 0 Å². The Balaban J connectivity index is 2.85. The van der Waals surface area contributed by atoms with Crippen molar-refractivity contribution >= 4 is 5.97 Å². The Morgan fingerprint density at radius 1 is 1.38 bits per heavy atom. The van der Waals surface area contributed by atoms with Crippen molar-refractivity contribution in [1.82, 2.24) is 10.2 Å². The molecule has 1 aromatic rings. The van der Waals surface area contributed by atoms with Crippen LogP contribution in [0.2, 0.25) is 0 Å². The Labute approximate surface area is 85.1 Å². The van der Waals surface area contributed by atoms with Gasteiger partial charge in [-0.25, -0.2) is 4.79 Å². The molecular formula is C7H5F5N2O2. The number of aromatic nitrogens is 2. The van der Waals surface area contributed by atoms with Gasteiger partial charge in [-0.3, -0.25) is 5.10 Å². The van der Waals surface area contributed by atoms with E-state index in [9.17, 15) is 26.7 Å². The van der Waals surface area contributed by atoms with Gasteiger partial charge in [0.15, 0.2) is 5.69 Å². The number of carbonyl (C=O) groups is 1. The van der Waals surface area contributed by atoms with Crippen LogP contribution in [0.15, 0.2) is 6.07 Å². The van der Waals surface area contributed by atoms with Crippen LogP contribution in [0.3, 0.4) is 0 Å². The van der Waals surface area contributed by atoms with Crippen LogP contribution in [-0.2, 0) is 17.4 Å². The number of hydrogen-bond donors (Lipinski definition) is 2. The van der Waals surface area contributed by atoms with E-state index in [0.29, 0.717) is 6.07 Å². The van der Waals surface area contributed by atoms with Gasteiger partial charge in [-0.2, -0.15) is 27.1 Å². The van der Waals surface area contributed by atoms with Crippen LogP contribution < -0.4 is 0 Å². The Kier molecular flexibility index (Phi) is 2.89. The maximum atomic E-state index is 12.6. The van der Waals surface area contributed by atoms with Crippen LogP contribution in [0.1, 0.15) is 11.4 Å². The molecule has 0 spiro atoms. The summed E-state index contributed by atoms with van der Waals surface area (Å²) < 4.78 is 61.2. The standard InChI is InChI=1S/C7H5F5N2O2/c8-6(9,5(15)16)2-3-1-4(14-13-3)7(10,11)12/h1H,2H2,(H,13,14)(H,15,16). The summed E-state index contributed by atoms with van der Waals surface area (Å²) in [4.78, 5) is 10.0. The predicted octanol–water partition coefficient (Wildman–Crippen LogP) is 1.69. The molecule has 2 N–H and O–H groups in total. The SMILES string of the molecule is O=C(O)C(F)(F)Cc1cc(C(F)(F)F)n[nH]1. The van der Waals surface area contributed by atoms with Crippen LogP contribution in [0.4, 0.5) is 22.0 Å². The maximum absolute atomic E-state index is 12.6. The van der Waals surface area contributed by atoms with Crippen molar-refractivity contribution < 1.29 is 31.9 Å². The number of aliphatic carboxylic acids is 1. The van der Waals surface area contributed by atoms with Gasteiger partial charge in [0.1, 0.15) is 0 Å². The third-order valence-electron chi connectivity index (χ3n) is 1.65. The minimum atomic E-state index is -4.76. The highest BCUT2D eigenvalue weighted by Gasteiger charge is 2.41. The van der Waals surface area contributed by atoms with Crippen molar-refractivity contribution in [2.24, 2.45) is 0 Å². The van der Waals surface area contributed by atoms with E-state index in [1.165, 1.54) is 0 Å². The van der Waals surface area contributed by atoms with Gasteiger partial charge < -0.3 is 5.11 Å². The van der Waals surface area contributed by atoms with Crippen LogP contribution in [-0.4, -0.2) is 27.2 Å². The molecule has 1 heterocycles. The molecule has 0 atom stereocenters. The van der Waals surface area contributed by atoms with Gasteiger partial charge in [0.25, 0.3) is 0 Å².